The van der Waals surface area contributed by atoms with Gasteiger partial charge in [0, 0.05) is 19.5 Å². The van der Waals surface area contributed by atoms with Crippen LogP contribution >= 0.6 is 0 Å². The largest absolute Gasteiger partial charge is 0.355 e. The molecule has 122 valence electrons. The lowest BCUT2D eigenvalue weighted by molar-refractivity contribution is -0.128. The molecule has 3 N–H and O–H groups in total. The van der Waals surface area contributed by atoms with E-state index in [-0.39, 0.29) is 23.8 Å². The van der Waals surface area contributed by atoms with Crippen LogP contribution in [-0.2, 0) is 19.6 Å². The predicted molar refractivity (Wildman–Crippen MR) is 82.5 cm³/mol. The molecule has 0 saturated heterocycles. The van der Waals surface area contributed by atoms with E-state index in [4.69, 9.17) is 0 Å². The second-order valence-electron chi connectivity index (χ2n) is 4.64. The number of sulfonamides is 1. The van der Waals surface area contributed by atoms with Crippen molar-refractivity contribution < 1.29 is 18.0 Å². The predicted octanol–water partition coefficient (Wildman–Crippen LogP) is -0.00420. The Kier molecular flexibility index (Phi) is 7.00. The Morgan fingerprint density at radius 3 is 2.41 bits per heavy atom. The molecule has 1 aromatic rings. The van der Waals surface area contributed by atoms with Crippen LogP contribution in [0.15, 0.2) is 35.2 Å². The van der Waals surface area contributed by atoms with E-state index in [0.29, 0.717) is 6.54 Å². The number of rotatable bonds is 8. The first-order valence-corrected chi connectivity index (χ1v) is 8.47. The van der Waals surface area contributed by atoms with Crippen molar-refractivity contribution >= 4 is 21.8 Å². The zero-order valence-corrected chi connectivity index (χ0v) is 13.4. The maximum absolute atomic E-state index is 11.9. The lowest BCUT2D eigenvalue weighted by atomic mass is 10.3. The molecule has 0 unspecified atom stereocenters. The molecule has 0 aromatic heterocycles. The van der Waals surface area contributed by atoms with Gasteiger partial charge >= 0.3 is 0 Å². The highest BCUT2D eigenvalue weighted by atomic mass is 32.2. The molecule has 0 saturated carbocycles. The summed E-state index contributed by atoms with van der Waals surface area (Å²) in [5.41, 5.74) is 0. The van der Waals surface area contributed by atoms with Crippen LogP contribution in [0.5, 0.6) is 0 Å². The molecule has 1 aromatic carbocycles. The number of likely N-dealkylation sites (N-methyl/N-ethyl adjacent to an activating group) is 1. The Hall–Kier alpha value is -1.93. The van der Waals surface area contributed by atoms with Crippen LogP contribution in [0.3, 0.4) is 0 Å². The van der Waals surface area contributed by atoms with Gasteiger partial charge in [-0.2, -0.15) is 0 Å². The van der Waals surface area contributed by atoms with E-state index in [0.717, 1.165) is 0 Å². The summed E-state index contributed by atoms with van der Waals surface area (Å²) in [7, 11) is -3.62. The van der Waals surface area contributed by atoms with Gasteiger partial charge in [0.2, 0.25) is 21.8 Å². The van der Waals surface area contributed by atoms with Gasteiger partial charge in [-0.15, -0.1) is 0 Å². The van der Waals surface area contributed by atoms with Gasteiger partial charge in [0.25, 0.3) is 0 Å². The van der Waals surface area contributed by atoms with E-state index in [1.54, 1.807) is 32.0 Å². The number of carbonyl (C=O) groups excluding carboxylic acids is 2. The van der Waals surface area contributed by atoms with Crippen molar-refractivity contribution in [2.24, 2.45) is 0 Å². The van der Waals surface area contributed by atoms with Gasteiger partial charge < -0.3 is 10.6 Å². The third kappa shape index (κ3) is 5.82. The summed E-state index contributed by atoms with van der Waals surface area (Å²) in [6.07, 6.45) is -0.0458. The summed E-state index contributed by atoms with van der Waals surface area (Å²) in [6.45, 7) is 3.79. The van der Waals surface area contributed by atoms with Gasteiger partial charge in [-0.1, -0.05) is 18.2 Å². The first-order valence-electron chi connectivity index (χ1n) is 6.98. The Labute approximate surface area is 130 Å². The van der Waals surface area contributed by atoms with Gasteiger partial charge in [-0.3, -0.25) is 9.59 Å². The third-order valence-electron chi connectivity index (χ3n) is 2.82. The standard InChI is InChI=1S/C14H21N3O4S/c1-3-15-14(19)11(2)17-13(18)9-10-16-22(20,21)12-7-5-4-6-8-12/h4-8,11,16H,3,9-10H2,1-2H3,(H,15,19)(H,17,18)/t11-/m1/s1. The molecule has 0 fully saturated rings. The van der Waals surface area contributed by atoms with E-state index in [9.17, 15) is 18.0 Å². The number of amides is 2. The number of carbonyl (C=O) groups is 2. The van der Waals surface area contributed by atoms with E-state index in [1.165, 1.54) is 12.1 Å². The minimum Gasteiger partial charge on any atom is -0.355 e. The average Bonchev–Trinajstić information content (AvgIpc) is 2.48. The van der Waals surface area contributed by atoms with Gasteiger partial charge in [0.05, 0.1) is 4.90 Å². The molecule has 0 aliphatic rings. The summed E-state index contributed by atoms with van der Waals surface area (Å²) >= 11 is 0. The zero-order chi connectivity index (χ0) is 16.6. The van der Waals surface area contributed by atoms with Crippen LogP contribution in [0.1, 0.15) is 20.3 Å². The number of hydrogen-bond donors (Lipinski definition) is 3. The van der Waals surface area contributed by atoms with Gasteiger partial charge in [-0.25, -0.2) is 13.1 Å². The first-order chi connectivity index (χ1) is 10.4. The van der Waals surface area contributed by atoms with Crippen molar-refractivity contribution in [1.82, 2.24) is 15.4 Å². The lowest BCUT2D eigenvalue weighted by Gasteiger charge is -2.13. The highest BCUT2D eigenvalue weighted by Crippen LogP contribution is 2.06. The molecular weight excluding hydrogens is 306 g/mol. The summed E-state index contributed by atoms with van der Waals surface area (Å²) in [4.78, 5) is 23.3. The third-order valence-corrected chi connectivity index (χ3v) is 4.30. The van der Waals surface area contributed by atoms with Crippen LogP contribution in [0.4, 0.5) is 0 Å². The Morgan fingerprint density at radius 2 is 1.82 bits per heavy atom. The number of benzene rings is 1. The van der Waals surface area contributed by atoms with E-state index in [2.05, 4.69) is 15.4 Å². The fourth-order valence-electron chi connectivity index (χ4n) is 1.69. The quantitative estimate of drug-likeness (QED) is 0.625. The molecule has 0 spiro atoms. The molecule has 1 atom stereocenters. The van der Waals surface area contributed by atoms with Crippen molar-refractivity contribution in [1.29, 1.82) is 0 Å². The number of nitrogens with one attached hydrogen (secondary N) is 3. The smallest absolute Gasteiger partial charge is 0.242 e. The lowest BCUT2D eigenvalue weighted by Crippen LogP contribution is -2.45. The van der Waals surface area contributed by atoms with Crippen LogP contribution in [0.25, 0.3) is 0 Å². The van der Waals surface area contributed by atoms with Gasteiger partial charge in [0.1, 0.15) is 6.04 Å². The van der Waals surface area contributed by atoms with Crippen LogP contribution in [-0.4, -0.2) is 39.4 Å². The first kappa shape index (κ1) is 18.1. The Bertz CT molecular complexity index is 602. The summed E-state index contributed by atoms with van der Waals surface area (Å²) in [5, 5.41) is 5.09. The van der Waals surface area contributed by atoms with Crippen molar-refractivity contribution in [2.75, 3.05) is 13.1 Å². The normalized spacial score (nSPS) is 12.5. The minimum atomic E-state index is -3.62. The summed E-state index contributed by atoms with van der Waals surface area (Å²) in [6, 6.07) is 7.25. The van der Waals surface area contributed by atoms with Crippen LogP contribution in [0.2, 0.25) is 0 Å². The monoisotopic (exact) mass is 327 g/mol. The SMILES string of the molecule is CCNC(=O)[C@@H](C)NC(=O)CCNS(=O)(=O)c1ccccc1. The molecule has 7 nitrogen and oxygen atoms in total. The molecule has 2 amide bonds. The Morgan fingerprint density at radius 1 is 1.18 bits per heavy atom. The molecule has 0 aliphatic carbocycles. The van der Waals surface area contributed by atoms with E-state index in [1.807, 2.05) is 0 Å². The summed E-state index contributed by atoms with van der Waals surface area (Å²) in [5.74, 6) is -0.671. The molecular formula is C14H21N3O4S. The van der Waals surface area contributed by atoms with Crippen LogP contribution in [0, 0.1) is 0 Å². The molecule has 0 aliphatic heterocycles. The molecule has 0 heterocycles. The van der Waals surface area contributed by atoms with Crippen molar-refractivity contribution in [2.45, 2.75) is 31.2 Å². The van der Waals surface area contributed by atoms with Crippen LogP contribution < -0.4 is 15.4 Å². The second kappa shape index (κ2) is 8.50. The summed E-state index contributed by atoms with van der Waals surface area (Å²) < 4.78 is 26.2. The molecule has 22 heavy (non-hydrogen) atoms. The number of hydrogen-bond acceptors (Lipinski definition) is 4. The van der Waals surface area contributed by atoms with Crippen molar-refractivity contribution in [3.8, 4) is 0 Å². The molecule has 1 rings (SSSR count). The molecule has 0 radical (unpaired) electrons. The molecule has 0 bridgehead atoms. The zero-order valence-electron chi connectivity index (χ0n) is 12.6. The minimum absolute atomic E-state index is 0.0365. The maximum atomic E-state index is 11.9. The van der Waals surface area contributed by atoms with E-state index < -0.39 is 22.0 Å². The van der Waals surface area contributed by atoms with Gasteiger partial charge in [0.15, 0.2) is 0 Å². The highest BCUT2D eigenvalue weighted by Gasteiger charge is 2.16. The Balaban J connectivity index is 2.41. The second-order valence-corrected chi connectivity index (χ2v) is 6.41. The molecule has 8 heteroatoms. The fraction of sp³-hybridized carbons (Fsp3) is 0.429. The average molecular weight is 327 g/mol. The van der Waals surface area contributed by atoms with Crippen molar-refractivity contribution in [3.05, 3.63) is 30.3 Å². The highest BCUT2D eigenvalue weighted by molar-refractivity contribution is 7.89. The van der Waals surface area contributed by atoms with E-state index >= 15 is 0 Å². The fourth-order valence-corrected chi connectivity index (χ4v) is 2.74. The van der Waals surface area contributed by atoms with Gasteiger partial charge in [-0.05, 0) is 26.0 Å². The van der Waals surface area contributed by atoms with Crippen molar-refractivity contribution in [3.63, 3.8) is 0 Å². The maximum Gasteiger partial charge on any atom is 0.242 e. The topological polar surface area (TPSA) is 104 Å².